The van der Waals surface area contributed by atoms with E-state index < -0.39 is 29.0 Å². The zero-order valence-corrected chi connectivity index (χ0v) is 17.3. The summed E-state index contributed by atoms with van der Waals surface area (Å²) in [5.41, 5.74) is -0.527. The third kappa shape index (κ3) is 2.87. The van der Waals surface area contributed by atoms with Gasteiger partial charge in [0.15, 0.2) is 11.5 Å². The number of hydrogen-bond acceptors (Lipinski definition) is 7. The summed E-state index contributed by atoms with van der Waals surface area (Å²) in [4.78, 5) is 29.6. The molecule has 32 heavy (non-hydrogen) atoms. The maximum atomic E-state index is 14.5. The molecule has 0 saturated heterocycles. The third-order valence-corrected chi connectivity index (χ3v) is 5.88. The molecule has 2 aromatic carbocycles. The second-order valence-electron chi connectivity index (χ2n) is 7.63. The summed E-state index contributed by atoms with van der Waals surface area (Å²) in [5, 5.41) is 11.1. The number of nitrogens with one attached hydrogen (secondary N) is 1. The first-order chi connectivity index (χ1) is 15.4. The number of H-pyrrole nitrogens is 1. The van der Waals surface area contributed by atoms with Crippen molar-refractivity contribution in [1.29, 1.82) is 0 Å². The highest BCUT2D eigenvalue weighted by molar-refractivity contribution is 5.63. The van der Waals surface area contributed by atoms with Crippen LogP contribution < -0.4 is 25.5 Å². The SMILES string of the molecule is COc1c2c(cc3c1[C@H](c1c(O)n(-c4ccccc4F)c(=O)[nH]c1=O)N(C)CC3)OCO2. The lowest BCUT2D eigenvalue weighted by atomic mass is 9.87. The molecule has 0 saturated carbocycles. The number of likely N-dealkylation sites (N-methyl/N-ethyl adjacent to an activating group) is 1. The van der Waals surface area contributed by atoms with Gasteiger partial charge in [-0.2, -0.15) is 0 Å². The predicted molar refractivity (Wildman–Crippen MR) is 112 cm³/mol. The van der Waals surface area contributed by atoms with Crippen molar-refractivity contribution in [2.75, 3.05) is 27.5 Å². The molecule has 1 atom stereocenters. The number of nitrogens with zero attached hydrogens (tertiary/aromatic N) is 2. The molecule has 9 nitrogen and oxygen atoms in total. The number of para-hydroxylation sites is 1. The number of halogens is 1. The summed E-state index contributed by atoms with van der Waals surface area (Å²) in [6.45, 7) is 0.595. The van der Waals surface area contributed by atoms with Crippen LogP contribution in [0.4, 0.5) is 4.39 Å². The predicted octanol–water partition coefficient (Wildman–Crippen LogP) is 1.69. The highest BCUT2D eigenvalue weighted by Gasteiger charge is 2.38. The van der Waals surface area contributed by atoms with E-state index in [1.165, 1.54) is 25.3 Å². The van der Waals surface area contributed by atoms with Crippen LogP contribution in [0.3, 0.4) is 0 Å². The second kappa shape index (κ2) is 7.41. The highest BCUT2D eigenvalue weighted by atomic mass is 19.1. The van der Waals surface area contributed by atoms with Gasteiger partial charge in [-0.15, -0.1) is 0 Å². The van der Waals surface area contributed by atoms with Crippen LogP contribution in [0.2, 0.25) is 0 Å². The Kier molecular flexibility index (Phi) is 4.66. The zero-order valence-electron chi connectivity index (χ0n) is 17.3. The lowest BCUT2D eigenvalue weighted by Crippen LogP contribution is -2.40. The molecule has 0 unspecified atom stereocenters. The second-order valence-corrected chi connectivity index (χ2v) is 7.63. The van der Waals surface area contributed by atoms with Crippen molar-refractivity contribution in [3.63, 3.8) is 0 Å². The molecule has 3 heterocycles. The fraction of sp³-hybridized carbons (Fsp3) is 0.273. The van der Waals surface area contributed by atoms with Crippen molar-refractivity contribution >= 4 is 0 Å². The first kappa shape index (κ1) is 20.1. The molecule has 2 aliphatic heterocycles. The van der Waals surface area contributed by atoms with Gasteiger partial charge in [-0.3, -0.25) is 14.7 Å². The number of benzene rings is 2. The fourth-order valence-electron chi connectivity index (χ4n) is 4.44. The van der Waals surface area contributed by atoms with Gasteiger partial charge in [0, 0.05) is 12.1 Å². The fourth-order valence-corrected chi connectivity index (χ4v) is 4.44. The maximum absolute atomic E-state index is 14.5. The van der Waals surface area contributed by atoms with E-state index in [4.69, 9.17) is 14.2 Å². The largest absolute Gasteiger partial charge is 0.494 e. The molecule has 10 heteroatoms. The van der Waals surface area contributed by atoms with Gasteiger partial charge in [0.1, 0.15) is 5.82 Å². The molecule has 0 radical (unpaired) electrons. The highest BCUT2D eigenvalue weighted by Crippen LogP contribution is 2.51. The standard InChI is InChI=1S/C22H20FN3O6/c1-25-8-7-11-9-14-18(32-10-31-14)19(30-2)15(11)17(25)16-20(27)24-22(29)26(21(16)28)13-6-4-3-5-12(13)23/h3-6,9,17,28H,7-8,10H2,1-2H3,(H,24,27,29)/t17-/m1/s1. The first-order valence-corrected chi connectivity index (χ1v) is 9.95. The van der Waals surface area contributed by atoms with E-state index in [2.05, 4.69) is 4.98 Å². The van der Waals surface area contributed by atoms with Crippen LogP contribution in [0, 0.1) is 5.82 Å². The Morgan fingerprint density at radius 3 is 2.75 bits per heavy atom. The molecular weight excluding hydrogens is 421 g/mol. The van der Waals surface area contributed by atoms with E-state index in [1.54, 1.807) is 7.05 Å². The average Bonchev–Trinajstić information content (AvgIpc) is 3.23. The first-order valence-electron chi connectivity index (χ1n) is 9.95. The Bertz CT molecular complexity index is 1350. The number of hydrogen-bond donors (Lipinski definition) is 2. The van der Waals surface area contributed by atoms with Gasteiger partial charge < -0.3 is 19.3 Å². The van der Waals surface area contributed by atoms with E-state index in [0.29, 0.717) is 35.8 Å². The quantitative estimate of drug-likeness (QED) is 0.637. The van der Waals surface area contributed by atoms with Crippen molar-refractivity contribution in [2.24, 2.45) is 0 Å². The lowest BCUT2D eigenvalue weighted by Gasteiger charge is -2.35. The topological polar surface area (TPSA) is 106 Å². The van der Waals surface area contributed by atoms with Crippen LogP contribution in [0.1, 0.15) is 22.7 Å². The summed E-state index contributed by atoms with van der Waals surface area (Å²) in [6.07, 6.45) is 0.640. The molecule has 0 amide bonds. The molecule has 0 aliphatic carbocycles. The third-order valence-electron chi connectivity index (χ3n) is 5.88. The summed E-state index contributed by atoms with van der Waals surface area (Å²) < 4.78 is 32.0. The molecule has 3 aromatic rings. The minimum Gasteiger partial charge on any atom is -0.494 e. The Labute approximate surface area is 181 Å². The van der Waals surface area contributed by atoms with Crippen molar-refractivity contribution in [2.45, 2.75) is 12.5 Å². The van der Waals surface area contributed by atoms with Crippen LogP contribution in [-0.4, -0.2) is 47.1 Å². The van der Waals surface area contributed by atoms with E-state index >= 15 is 0 Å². The lowest BCUT2D eigenvalue weighted by molar-refractivity contribution is 0.170. The molecule has 166 valence electrons. The van der Waals surface area contributed by atoms with Crippen LogP contribution in [-0.2, 0) is 6.42 Å². The number of ether oxygens (including phenoxy) is 3. The number of fused-ring (bicyclic) bond motifs is 2. The number of aromatic amines is 1. The average molecular weight is 441 g/mol. The zero-order chi connectivity index (χ0) is 22.6. The Morgan fingerprint density at radius 1 is 1.22 bits per heavy atom. The van der Waals surface area contributed by atoms with Gasteiger partial charge in [-0.25, -0.2) is 13.8 Å². The Hall–Kier alpha value is -3.79. The van der Waals surface area contributed by atoms with E-state index in [1.807, 2.05) is 11.0 Å². The van der Waals surface area contributed by atoms with Crippen LogP contribution in [0.5, 0.6) is 23.1 Å². The smallest absolute Gasteiger partial charge is 0.335 e. The van der Waals surface area contributed by atoms with Gasteiger partial charge in [-0.1, -0.05) is 12.1 Å². The summed E-state index contributed by atoms with van der Waals surface area (Å²) in [7, 11) is 3.27. The Balaban J connectivity index is 1.81. The molecule has 0 fully saturated rings. The van der Waals surface area contributed by atoms with E-state index in [-0.39, 0.29) is 18.0 Å². The molecule has 0 bridgehead atoms. The van der Waals surface area contributed by atoms with Gasteiger partial charge in [0.2, 0.25) is 18.4 Å². The van der Waals surface area contributed by atoms with Crippen molar-refractivity contribution in [3.8, 4) is 28.8 Å². The van der Waals surface area contributed by atoms with E-state index in [0.717, 1.165) is 16.2 Å². The van der Waals surface area contributed by atoms with Gasteiger partial charge in [-0.05, 0) is 37.2 Å². The monoisotopic (exact) mass is 441 g/mol. The molecule has 2 aliphatic rings. The van der Waals surface area contributed by atoms with Crippen LogP contribution in [0.25, 0.3) is 5.69 Å². The molecule has 2 N–H and O–H groups in total. The summed E-state index contributed by atoms with van der Waals surface area (Å²) >= 11 is 0. The molecular formula is C22H20FN3O6. The van der Waals surface area contributed by atoms with E-state index in [9.17, 15) is 19.1 Å². The summed E-state index contributed by atoms with van der Waals surface area (Å²) in [6, 6.07) is 6.55. The normalized spacial score (nSPS) is 17.3. The minimum atomic E-state index is -0.947. The number of aromatic nitrogens is 2. The van der Waals surface area contributed by atoms with Crippen molar-refractivity contribution < 1.29 is 23.7 Å². The van der Waals surface area contributed by atoms with Crippen LogP contribution in [0.15, 0.2) is 39.9 Å². The Morgan fingerprint density at radius 2 is 2.00 bits per heavy atom. The maximum Gasteiger partial charge on any atom is 0.335 e. The summed E-state index contributed by atoms with van der Waals surface area (Å²) in [5.74, 6) is -0.0354. The van der Waals surface area contributed by atoms with Gasteiger partial charge in [0.25, 0.3) is 5.56 Å². The molecule has 1 aromatic heterocycles. The number of methoxy groups -OCH3 is 1. The minimum absolute atomic E-state index is 0.0408. The van der Waals surface area contributed by atoms with Crippen molar-refractivity contribution in [1.82, 2.24) is 14.5 Å². The van der Waals surface area contributed by atoms with Crippen LogP contribution >= 0.6 is 0 Å². The van der Waals surface area contributed by atoms with Crippen molar-refractivity contribution in [3.05, 3.63) is 73.7 Å². The molecule has 0 spiro atoms. The molecule has 5 rings (SSSR count). The van der Waals surface area contributed by atoms with Gasteiger partial charge >= 0.3 is 5.69 Å². The number of rotatable bonds is 3. The van der Waals surface area contributed by atoms with Gasteiger partial charge in [0.05, 0.1) is 24.4 Å². The number of aromatic hydroxyl groups is 1.